The predicted octanol–water partition coefficient (Wildman–Crippen LogP) is 8.74. The van der Waals surface area contributed by atoms with Crippen molar-refractivity contribution in [3.05, 3.63) is 129 Å². The molecule has 8 nitrogen and oxygen atoms in total. The number of benzene rings is 4. The first-order chi connectivity index (χ1) is 20.4. The third-order valence-corrected chi connectivity index (χ3v) is 7.85. The zero-order valence-corrected chi connectivity index (χ0v) is 26.2. The van der Waals surface area contributed by atoms with Crippen LogP contribution in [0.15, 0.2) is 102 Å². The number of ether oxygens (including phenoxy) is 1. The van der Waals surface area contributed by atoms with Crippen LogP contribution in [0.3, 0.4) is 0 Å². The molecule has 0 saturated carbocycles. The molecule has 0 unspecified atom stereocenters. The molecule has 43 heavy (non-hydrogen) atoms. The lowest BCUT2D eigenvalue weighted by atomic mass is 10.1. The topological polar surface area (TPSA) is 99.6 Å². The number of halogens is 6. The molecule has 0 spiro atoms. The van der Waals surface area contributed by atoms with Crippen LogP contribution in [0.5, 0.6) is 5.75 Å². The number of hydrogen-bond acceptors (Lipinski definition) is 6. The van der Waals surface area contributed by atoms with Crippen molar-refractivity contribution in [2.75, 3.05) is 0 Å². The highest BCUT2D eigenvalue weighted by Gasteiger charge is 2.31. The average Bonchev–Trinajstić information content (AvgIpc) is 2.96. The highest BCUT2D eigenvalue weighted by molar-refractivity contribution is 9.11. The molecule has 14 heteroatoms. The second-order valence-corrected chi connectivity index (χ2v) is 11.7. The summed E-state index contributed by atoms with van der Waals surface area (Å²) in [5.41, 5.74) is -0.874. The lowest BCUT2D eigenvalue weighted by Crippen LogP contribution is -2.20. The van der Waals surface area contributed by atoms with Gasteiger partial charge in [0.1, 0.15) is 6.61 Å². The van der Waals surface area contributed by atoms with Gasteiger partial charge in [-0.05, 0) is 42.5 Å². The van der Waals surface area contributed by atoms with Crippen LogP contribution < -0.4 is 10.3 Å². The van der Waals surface area contributed by atoms with E-state index < -0.39 is 22.2 Å². The number of hydrogen-bond donors (Lipinski definition) is 0. The molecule has 0 N–H and O–H groups in total. The minimum Gasteiger partial charge on any atom is -0.481 e. The van der Waals surface area contributed by atoms with E-state index in [0.29, 0.717) is 14.5 Å². The molecule has 4 aromatic carbocycles. The normalized spacial score (nSPS) is 11.8. The largest absolute Gasteiger partial charge is 0.481 e. The molecule has 0 aliphatic rings. The van der Waals surface area contributed by atoms with Gasteiger partial charge in [0.25, 0.3) is 5.56 Å². The van der Waals surface area contributed by atoms with Crippen LogP contribution in [-0.4, -0.2) is 20.8 Å². The van der Waals surface area contributed by atoms with E-state index in [1.165, 1.54) is 36.5 Å². The van der Waals surface area contributed by atoms with Crippen molar-refractivity contribution in [3.63, 3.8) is 0 Å². The minimum absolute atomic E-state index is 0.00777. The third kappa shape index (κ3) is 6.71. The summed E-state index contributed by atoms with van der Waals surface area (Å²) in [6, 6.07) is 18.8. The van der Waals surface area contributed by atoms with Gasteiger partial charge in [0.05, 0.1) is 27.6 Å². The quantitative estimate of drug-likeness (QED) is 0.0935. The Labute approximate surface area is 266 Å². The molecule has 0 saturated heterocycles. The van der Waals surface area contributed by atoms with Crippen molar-refractivity contribution in [2.24, 2.45) is 5.10 Å². The zero-order chi connectivity index (χ0) is 30.9. The molecule has 1 aromatic heterocycles. The lowest BCUT2D eigenvalue weighted by molar-refractivity contribution is -0.386. The first kappa shape index (κ1) is 30.6. The van der Waals surface area contributed by atoms with Crippen molar-refractivity contribution < 1.29 is 22.8 Å². The highest BCUT2D eigenvalue weighted by Crippen LogP contribution is 2.36. The standard InChI is InChI=1S/C29H16Br3F3N4O4/c30-20-9-8-17(23(32)12-20)15-43-26-18(11-21(31)13-25(26)39(41)42)14-36-38-27(16-4-3-5-19(10-16)29(33,34)35)37-24-7-2-1-6-22(24)28(38)40/h1-14H,15H2. The molecule has 0 aliphatic heterocycles. The number of rotatable bonds is 7. The highest BCUT2D eigenvalue weighted by atomic mass is 79.9. The maximum Gasteiger partial charge on any atom is 0.416 e. The van der Waals surface area contributed by atoms with Crippen molar-refractivity contribution in [1.82, 2.24) is 9.66 Å². The zero-order valence-electron chi connectivity index (χ0n) is 21.5. The van der Waals surface area contributed by atoms with Crippen LogP contribution in [0, 0.1) is 10.1 Å². The van der Waals surface area contributed by atoms with E-state index in [-0.39, 0.29) is 45.9 Å². The molecule has 0 amide bonds. The van der Waals surface area contributed by atoms with Gasteiger partial charge >= 0.3 is 11.9 Å². The van der Waals surface area contributed by atoms with Crippen LogP contribution in [0.25, 0.3) is 22.3 Å². The van der Waals surface area contributed by atoms with Crippen molar-refractivity contribution in [3.8, 4) is 17.1 Å². The fourth-order valence-corrected chi connectivity index (χ4v) is 5.77. The van der Waals surface area contributed by atoms with Crippen LogP contribution in [0.1, 0.15) is 16.7 Å². The fraction of sp³-hybridized carbons (Fsp3) is 0.0690. The van der Waals surface area contributed by atoms with Gasteiger partial charge in [-0.2, -0.15) is 22.9 Å². The van der Waals surface area contributed by atoms with Gasteiger partial charge in [-0.3, -0.25) is 14.9 Å². The van der Waals surface area contributed by atoms with Crippen molar-refractivity contribution in [2.45, 2.75) is 12.8 Å². The summed E-state index contributed by atoms with van der Waals surface area (Å²) in [6.45, 7) is -0.0514. The maximum absolute atomic E-state index is 13.6. The van der Waals surface area contributed by atoms with Gasteiger partial charge < -0.3 is 4.74 Å². The molecular formula is C29H16Br3F3N4O4. The monoisotopic (exact) mass is 778 g/mol. The van der Waals surface area contributed by atoms with Gasteiger partial charge in [-0.25, -0.2) is 4.98 Å². The Morgan fingerprint density at radius 2 is 1.74 bits per heavy atom. The SMILES string of the molecule is O=c1c2ccccc2nc(-c2cccc(C(F)(F)F)c2)n1N=Cc1cc(Br)cc([N+](=O)[O-])c1OCc1ccc(Br)cc1Br. The van der Waals surface area contributed by atoms with Gasteiger partial charge in [0.2, 0.25) is 5.75 Å². The molecule has 5 rings (SSSR count). The number of nitro groups is 1. The smallest absolute Gasteiger partial charge is 0.416 e. The Hall–Kier alpha value is -3.88. The van der Waals surface area contributed by atoms with Crippen LogP contribution in [0.2, 0.25) is 0 Å². The Morgan fingerprint density at radius 1 is 0.977 bits per heavy atom. The summed E-state index contributed by atoms with van der Waals surface area (Å²) >= 11 is 10.1. The summed E-state index contributed by atoms with van der Waals surface area (Å²) < 4.78 is 49.2. The molecule has 0 bridgehead atoms. The van der Waals surface area contributed by atoms with Gasteiger partial charge in [-0.15, -0.1) is 0 Å². The molecule has 0 radical (unpaired) electrons. The van der Waals surface area contributed by atoms with E-state index in [1.54, 1.807) is 36.4 Å². The summed E-state index contributed by atoms with van der Waals surface area (Å²) in [5, 5.41) is 16.4. The maximum atomic E-state index is 13.6. The average molecular weight is 781 g/mol. The number of nitrogens with zero attached hydrogens (tertiary/aromatic N) is 4. The van der Waals surface area contributed by atoms with E-state index in [4.69, 9.17) is 4.74 Å². The van der Waals surface area contributed by atoms with Gasteiger partial charge in [0.15, 0.2) is 5.82 Å². The predicted molar refractivity (Wildman–Crippen MR) is 166 cm³/mol. The molecular weight excluding hydrogens is 765 g/mol. The Morgan fingerprint density at radius 3 is 2.47 bits per heavy atom. The molecule has 1 heterocycles. The van der Waals surface area contributed by atoms with Crippen molar-refractivity contribution in [1.29, 1.82) is 0 Å². The summed E-state index contributed by atoms with van der Waals surface area (Å²) in [7, 11) is 0. The van der Waals surface area contributed by atoms with Gasteiger partial charge in [-0.1, -0.05) is 78.1 Å². The summed E-state index contributed by atoms with van der Waals surface area (Å²) in [6.07, 6.45) is -3.47. The molecule has 0 fully saturated rings. The molecule has 5 aromatic rings. The number of para-hydroxylation sites is 1. The second-order valence-electron chi connectivity index (χ2n) is 9.02. The minimum atomic E-state index is -4.63. The fourth-order valence-electron chi connectivity index (χ4n) is 4.15. The number of nitro benzene ring substituents is 1. The van der Waals surface area contributed by atoms with Crippen molar-refractivity contribution >= 4 is 70.6 Å². The van der Waals surface area contributed by atoms with Crippen LogP contribution in [-0.2, 0) is 12.8 Å². The molecule has 0 atom stereocenters. The van der Waals surface area contributed by atoms with Gasteiger partial charge in [0, 0.05) is 36.2 Å². The number of alkyl halides is 3. The van der Waals surface area contributed by atoms with E-state index in [9.17, 15) is 28.1 Å². The Bertz CT molecular complexity index is 1980. The van der Waals surface area contributed by atoms with Crippen LogP contribution >= 0.6 is 47.8 Å². The number of aromatic nitrogens is 2. The van der Waals surface area contributed by atoms with E-state index in [0.717, 1.165) is 21.3 Å². The Balaban J connectivity index is 1.66. The summed E-state index contributed by atoms with van der Waals surface area (Å²) in [4.78, 5) is 29.3. The summed E-state index contributed by atoms with van der Waals surface area (Å²) in [5.74, 6) is -0.286. The number of fused-ring (bicyclic) bond motifs is 1. The third-order valence-electron chi connectivity index (χ3n) is 6.16. The molecule has 0 aliphatic carbocycles. The van der Waals surface area contributed by atoms with E-state index in [1.807, 2.05) is 0 Å². The Kier molecular flexibility index (Phi) is 8.81. The second kappa shape index (κ2) is 12.4. The lowest BCUT2D eigenvalue weighted by Gasteiger charge is -2.13. The first-order valence-corrected chi connectivity index (χ1v) is 14.6. The molecule has 218 valence electrons. The van der Waals surface area contributed by atoms with Crippen LogP contribution in [0.4, 0.5) is 18.9 Å². The first-order valence-electron chi connectivity index (χ1n) is 12.2. The van der Waals surface area contributed by atoms with E-state index in [2.05, 4.69) is 57.9 Å². The van der Waals surface area contributed by atoms with E-state index >= 15 is 0 Å².